The van der Waals surface area contributed by atoms with Gasteiger partial charge in [0.1, 0.15) is 5.69 Å². The average Bonchev–Trinajstić information content (AvgIpc) is 2.65. The lowest BCUT2D eigenvalue weighted by Crippen LogP contribution is -2.25. The van der Waals surface area contributed by atoms with Gasteiger partial charge in [0, 0.05) is 0 Å². The minimum atomic E-state index is -1.10. The molecule has 0 fully saturated rings. The Morgan fingerprint density at radius 1 is 1.10 bits per heavy atom. The molecule has 0 aliphatic carbocycles. The highest BCUT2D eigenvalue weighted by molar-refractivity contribution is 5.73. The van der Waals surface area contributed by atoms with Gasteiger partial charge in [0.2, 0.25) is 0 Å². The molecule has 0 aliphatic heterocycles. The molecule has 1 aromatic heterocycles. The molecule has 0 spiro atoms. The third-order valence-corrected chi connectivity index (χ3v) is 3.49. The van der Waals surface area contributed by atoms with E-state index in [1.54, 1.807) is 32.0 Å². The summed E-state index contributed by atoms with van der Waals surface area (Å²) in [5, 5.41) is 11.1. The molecule has 2 N–H and O–H groups in total. The second-order valence-corrected chi connectivity index (χ2v) is 5.49. The number of H-pyrrole nitrogens is 2. The van der Waals surface area contributed by atoms with E-state index in [1.807, 2.05) is 4.98 Å². The van der Waals surface area contributed by atoms with Crippen molar-refractivity contribution in [2.75, 3.05) is 19.8 Å². The van der Waals surface area contributed by atoms with Gasteiger partial charge in [-0.15, -0.1) is 0 Å². The Morgan fingerprint density at radius 2 is 1.86 bits per heavy atom. The molecular formula is C18H19N3O8. The third-order valence-electron chi connectivity index (χ3n) is 3.49. The highest BCUT2D eigenvalue weighted by Gasteiger charge is 2.18. The molecule has 2 aromatic rings. The molecule has 11 nitrogen and oxygen atoms in total. The lowest BCUT2D eigenvalue weighted by atomic mass is 10.1. The number of carbonyl (C=O) groups excluding carboxylic acids is 1. The van der Waals surface area contributed by atoms with Crippen LogP contribution in [-0.4, -0.2) is 40.7 Å². The highest BCUT2D eigenvalue weighted by atomic mass is 16.6. The summed E-state index contributed by atoms with van der Waals surface area (Å²) in [5.74, 6) is 0.130. The van der Waals surface area contributed by atoms with Gasteiger partial charge < -0.3 is 19.2 Å². The molecule has 0 bridgehead atoms. The van der Waals surface area contributed by atoms with Gasteiger partial charge in [-0.05, 0) is 37.6 Å². The number of benzene rings is 1. The summed E-state index contributed by atoms with van der Waals surface area (Å²) in [6, 6.07) is 4.74. The molecular weight excluding hydrogens is 386 g/mol. The molecule has 0 aliphatic rings. The van der Waals surface area contributed by atoms with Gasteiger partial charge in [0.05, 0.1) is 18.1 Å². The van der Waals surface area contributed by atoms with E-state index < -0.39 is 27.8 Å². The smallest absolute Gasteiger partial charge is 0.357 e. The summed E-state index contributed by atoms with van der Waals surface area (Å²) >= 11 is 0. The SMILES string of the molecule is CCOC(=O)COc1ccc(/C=C/c2[nH]c(=O)[nH]c(=O)c2[N+](=O)[O-])cc1OCC. The number of aromatic amines is 2. The van der Waals surface area contributed by atoms with Gasteiger partial charge in [-0.1, -0.05) is 12.1 Å². The van der Waals surface area contributed by atoms with E-state index in [1.165, 1.54) is 12.2 Å². The van der Waals surface area contributed by atoms with E-state index in [4.69, 9.17) is 14.2 Å². The molecule has 29 heavy (non-hydrogen) atoms. The van der Waals surface area contributed by atoms with Crippen LogP contribution in [0.4, 0.5) is 5.69 Å². The van der Waals surface area contributed by atoms with Crippen LogP contribution in [0, 0.1) is 10.1 Å². The fourth-order valence-electron chi connectivity index (χ4n) is 2.33. The Morgan fingerprint density at radius 3 is 2.52 bits per heavy atom. The Hall–Kier alpha value is -3.89. The number of nitro groups is 1. The van der Waals surface area contributed by atoms with Crippen molar-refractivity contribution in [3.05, 3.63) is 60.4 Å². The summed E-state index contributed by atoms with van der Waals surface area (Å²) in [6.45, 7) is 3.73. The van der Waals surface area contributed by atoms with Gasteiger partial charge >= 0.3 is 22.9 Å². The first-order valence-electron chi connectivity index (χ1n) is 8.60. The average molecular weight is 405 g/mol. The molecule has 0 atom stereocenters. The lowest BCUT2D eigenvalue weighted by molar-refractivity contribution is -0.386. The zero-order valence-electron chi connectivity index (χ0n) is 15.7. The van der Waals surface area contributed by atoms with Crippen LogP contribution >= 0.6 is 0 Å². The zero-order valence-corrected chi connectivity index (χ0v) is 15.7. The second kappa shape index (κ2) is 9.88. The van der Waals surface area contributed by atoms with Crippen molar-refractivity contribution in [2.24, 2.45) is 0 Å². The normalized spacial score (nSPS) is 10.7. The zero-order chi connectivity index (χ0) is 21.4. The number of nitrogens with one attached hydrogen (secondary N) is 2. The van der Waals surface area contributed by atoms with Crippen LogP contribution in [0.5, 0.6) is 11.5 Å². The van der Waals surface area contributed by atoms with Crippen molar-refractivity contribution in [1.82, 2.24) is 9.97 Å². The van der Waals surface area contributed by atoms with E-state index in [2.05, 4.69) is 4.98 Å². The fourth-order valence-corrected chi connectivity index (χ4v) is 2.33. The van der Waals surface area contributed by atoms with Crippen LogP contribution in [0.1, 0.15) is 25.1 Å². The predicted molar refractivity (Wildman–Crippen MR) is 103 cm³/mol. The van der Waals surface area contributed by atoms with Crippen molar-refractivity contribution in [3.8, 4) is 11.5 Å². The van der Waals surface area contributed by atoms with Crippen LogP contribution in [0.15, 0.2) is 27.8 Å². The van der Waals surface area contributed by atoms with E-state index in [0.717, 1.165) is 0 Å². The minimum Gasteiger partial charge on any atom is -0.490 e. The van der Waals surface area contributed by atoms with Crippen molar-refractivity contribution in [3.63, 3.8) is 0 Å². The summed E-state index contributed by atoms with van der Waals surface area (Å²) < 4.78 is 15.7. The number of aromatic nitrogens is 2. The van der Waals surface area contributed by atoms with E-state index >= 15 is 0 Å². The molecule has 11 heteroatoms. The second-order valence-electron chi connectivity index (χ2n) is 5.49. The molecule has 1 aromatic carbocycles. The van der Waals surface area contributed by atoms with Crippen LogP contribution in [0.25, 0.3) is 12.2 Å². The molecule has 2 rings (SSSR count). The quantitative estimate of drug-likeness (QED) is 0.361. The first-order chi connectivity index (χ1) is 13.8. The Labute approximate surface area is 164 Å². The molecule has 0 radical (unpaired) electrons. The van der Waals surface area contributed by atoms with Crippen LogP contribution < -0.4 is 20.7 Å². The van der Waals surface area contributed by atoms with Crippen LogP contribution in [-0.2, 0) is 9.53 Å². The molecule has 0 amide bonds. The number of hydrogen-bond donors (Lipinski definition) is 2. The van der Waals surface area contributed by atoms with Gasteiger partial charge in [-0.3, -0.25) is 19.9 Å². The number of hydrogen-bond acceptors (Lipinski definition) is 8. The molecule has 1 heterocycles. The predicted octanol–water partition coefficient (Wildman–Crippen LogP) is 1.48. The Kier molecular flexibility index (Phi) is 7.29. The standard InChI is InChI=1S/C18H19N3O8/c1-3-27-14-9-11(6-8-13(14)29-10-15(22)28-4-2)5-7-12-16(21(25)26)17(23)20-18(24)19-12/h5-9H,3-4,10H2,1-2H3,(H2,19,20,23,24)/b7-5+. The topological polar surface area (TPSA) is 154 Å². The number of nitrogens with zero attached hydrogens (tertiary/aromatic N) is 1. The van der Waals surface area contributed by atoms with E-state index in [0.29, 0.717) is 23.7 Å². The van der Waals surface area contributed by atoms with Gasteiger partial charge in [-0.2, -0.15) is 0 Å². The maximum Gasteiger partial charge on any atom is 0.357 e. The van der Waals surface area contributed by atoms with E-state index in [9.17, 15) is 24.5 Å². The van der Waals surface area contributed by atoms with Crippen LogP contribution in [0.2, 0.25) is 0 Å². The van der Waals surface area contributed by atoms with Crippen LogP contribution in [0.3, 0.4) is 0 Å². The summed E-state index contributed by atoms with van der Waals surface area (Å²) in [6.07, 6.45) is 2.69. The monoisotopic (exact) mass is 405 g/mol. The minimum absolute atomic E-state index is 0.237. The molecule has 0 saturated carbocycles. The summed E-state index contributed by atoms with van der Waals surface area (Å²) in [7, 11) is 0. The van der Waals surface area contributed by atoms with Crippen molar-refractivity contribution in [1.29, 1.82) is 0 Å². The van der Waals surface area contributed by atoms with Crippen molar-refractivity contribution >= 4 is 23.8 Å². The molecule has 0 unspecified atom stereocenters. The number of carbonyl (C=O) groups is 1. The maximum atomic E-state index is 11.6. The maximum absolute atomic E-state index is 11.6. The molecule has 154 valence electrons. The Balaban J connectivity index is 2.31. The largest absolute Gasteiger partial charge is 0.490 e. The Bertz CT molecular complexity index is 1040. The lowest BCUT2D eigenvalue weighted by Gasteiger charge is -2.12. The van der Waals surface area contributed by atoms with Gasteiger partial charge in [-0.25, -0.2) is 9.59 Å². The number of ether oxygens (including phenoxy) is 3. The van der Waals surface area contributed by atoms with Gasteiger partial charge in [0.15, 0.2) is 18.1 Å². The van der Waals surface area contributed by atoms with E-state index in [-0.39, 0.29) is 18.9 Å². The summed E-state index contributed by atoms with van der Waals surface area (Å²) in [4.78, 5) is 48.7. The first kappa shape index (κ1) is 21.4. The first-order valence-corrected chi connectivity index (χ1v) is 8.60. The van der Waals surface area contributed by atoms with Gasteiger partial charge in [0.25, 0.3) is 0 Å². The molecule has 0 saturated heterocycles. The summed E-state index contributed by atoms with van der Waals surface area (Å²) in [5.41, 5.74) is -2.44. The fraction of sp³-hybridized carbons (Fsp3) is 0.278. The van der Waals surface area contributed by atoms with Crippen molar-refractivity contribution < 1.29 is 23.9 Å². The number of rotatable bonds is 9. The number of esters is 1. The third kappa shape index (κ3) is 5.79. The van der Waals surface area contributed by atoms with Crippen molar-refractivity contribution in [2.45, 2.75) is 13.8 Å². The highest BCUT2D eigenvalue weighted by Crippen LogP contribution is 2.29.